The van der Waals surface area contributed by atoms with Gasteiger partial charge in [-0.25, -0.2) is 4.79 Å². The second kappa shape index (κ2) is 10.1. The van der Waals surface area contributed by atoms with Crippen LogP contribution in [-0.2, 0) is 23.9 Å². The molecule has 4 N–H and O–H groups in total. The Labute approximate surface area is 235 Å². The minimum Gasteiger partial charge on any atom is -0.458 e. The van der Waals surface area contributed by atoms with Crippen LogP contribution >= 0.6 is 0 Å². The maximum absolute atomic E-state index is 12.4. The predicted octanol–water partition coefficient (Wildman–Crippen LogP) is 1.48. The lowest BCUT2D eigenvalue weighted by molar-refractivity contribution is -0.336. The topological polar surface area (TPSA) is 146 Å². The molecule has 4 aliphatic carbocycles. The average Bonchev–Trinajstić information content (AvgIpc) is 3.48. The molecule has 5 fully saturated rings. The Morgan fingerprint density at radius 1 is 1.00 bits per heavy atom. The lowest BCUT2D eigenvalue weighted by atomic mass is 9.43. The number of aliphatic hydroxyl groups is 4. The third kappa shape index (κ3) is 4.01. The molecule has 10 heteroatoms. The average molecular weight is 564 g/mol. The molecule has 0 aromatic carbocycles. The highest BCUT2D eigenvalue weighted by Gasteiger charge is 2.68. The van der Waals surface area contributed by atoms with E-state index in [0.717, 1.165) is 63.4 Å². The van der Waals surface area contributed by atoms with Gasteiger partial charge in [-0.15, -0.1) is 0 Å². The summed E-state index contributed by atoms with van der Waals surface area (Å²) >= 11 is 0. The fourth-order valence-corrected chi connectivity index (χ4v) is 10.3. The van der Waals surface area contributed by atoms with Gasteiger partial charge in [-0.2, -0.15) is 5.06 Å². The van der Waals surface area contributed by atoms with Gasteiger partial charge < -0.3 is 34.7 Å². The van der Waals surface area contributed by atoms with Crippen molar-refractivity contribution in [1.82, 2.24) is 5.06 Å². The first-order chi connectivity index (χ1) is 19.0. The van der Waals surface area contributed by atoms with E-state index in [1.165, 1.54) is 7.11 Å². The number of hydrogen-bond donors (Lipinski definition) is 4. The molecule has 0 aromatic rings. The van der Waals surface area contributed by atoms with Gasteiger partial charge in [0.25, 0.3) is 0 Å². The Hall–Kier alpha value is -1.40. The van der Waals surface area contributed by atoms with Crippen molar-refractivity contribution in [3.8, 4) is 0 Å². The van der Waals surface area contributed by atoms with Gasteiger partial charge in [-0.1, -0.05) is 13.8 Å². The number of esters is 1. The van der Waals surface area contributed by atoms with Crippen molar-refractivity contribution in [1.29, 1.82) is 0 Å². The highest BCUT2D eigenvalue weighted by atomic mass is 16.7. The molecule has 224 valence electrons. The van der Waals surface area contributed by atoms with E-state index in [2.05, 4.69) is 13.8 Å². The molecule has 2 heterocycles. The van der Waals surface area contributed by atoms with Crippen LogP contribution in [0.25, 0.3) is 0 Å². The molecule has 0 spiro atoms. The molecule has 4 saturated carbocycles. The molecule has 4 unspecified atom stereocenters. The van der Waals surface area contributed by atoms with E-state index in [1.807, 2.05) is 0 Å². The van der Waals surface area contributed by atoms with Crippen LogP contribution in [0.2, 0.25) is 0 Å². The largest absolute Gasteiger partial charge is 0.458 e. The van der Waals surface area contributed by atoms with E-state index in [9.17, 15) is 30.0 Å². The summed E-state index contributed by atoms with van der Waals surface area (Å²) in [6.07, 6.45) is 3.39. The fourth-order valence-electron chi connectivity index (χ4n) is 10.3. The lowest BCUT2D eigenvalue weighted by Gasteiger charge is -2.64. The Morgan fingerprint density at radius 2 is 1.77 bits per heavy atom. The molecule has 1 saturated heterocycles. The van der Waals surface area contributed by atoms with Crippen molar-refractivity contribution in [2.24, 2.45) is 34.5 Å². The van der Waals surface area contributed by atoms with Crippen LogP contribution in [0.1, 0.15) is 71.6 Å². The van der Waals surface area contributed by atoms with E-state index in [4.69, 9.17) is 14.3 Å². The summed E-state index contributed by atoms with van der Waals surface area (Å²) in [5.74, 6) is 0.892. The second-order valence-corrected chi connectivity index (χ2v) is 13.9. The quantitative estimate of drug-likeness (QED) is 0.220. The van der Waals surface area contributed by atoms with Gasteiger partial charge in [0.2, 0.25) is 0 Å². The number of aldehydes is 1. The monoisotopic (exact) mass is 563 g/mol. The molecule has 13 atom stereocenters. The Bertz CT molecular complexity index is 1050. The van der Waals surface area contributed by atoms with Crippen LogP contribution in [0, 0.1) is 34.5 Å². The third-order valence-electron chi connectivity index (χ3n) is 12.5. The molecule has 6 aliphatic rings. The molecule has 0 bridgehead atoms. The molecule has 0 aromatic heterocycles. The number of nitrogens with zero attached hydrogens (tertiary/aromatic N) is 1. The normalized spacial score (nSPS) is 52.4. The molecular formula is C30H45NO9. The molecular weight excluding hydrogens is 518 g/mol. The van der Waals surface area contributed by atoms with E-state index < -0.39 is 36.2 Å². The van der Waals surface area contributed by atoms with E-state index in [1.54, 1.807) is 11.1 Å². The second-order valence-electron chi connectivity index (χ2n) is 13.9. The van der Waals surface area contributed by atoms with Crippen LogP contribution in [0.3, 0.4) is 0 Å². The minimum absolute atomic E-state index is 0.0484. The summed E-state index contributed by atoms with van der Waals surface area (Å²) in [7, 11) is 1.50. The SMILES string of the molecule is CON(C1O[C@H](C=O)[C@H](O)[C@H](O)[C@H]1O)[C@@H]1CC[C@@]2(C)C(CCC3C2CC[C@]2(C)[C@@H](C4=CC(=O)OC4)CC[C@]32O)C1. The Morgan fingerprint density at radius 3 is 2.45 bits per heavy atom. The van der Waals surface area contributed by atoms with Crippen LogP contribution in [0.15, 0.2) is 11.6 Å². The van der Waals surface area contributed by atoms with Gasteiger partial charge in [0.1, 0.15) is 31.0 Å². The number of ether oxygens (including phenoxy) is 2. The van der Waals surface area contributed by atoms with E-state index >= 15 is 0 Å². The summed E-state index contributed by atoms with van der Waals surface area (Å²) < 4.78 is 11.0. The van der Waals surface area contributed by atoms with E-state index in [-0.39, 0.29) is 34.7 Å². The molecule has 0 radical (unpaired) electrons. The molecule has 2 aliphatic heterocycles. The number of carbonyl (C=O) groups excluding carboxylic acids is 2. The smallest absolute Gasteiger partial charge is 0.331 e. The molecule has 10 nitrogen and oxygen atoms in total. The lowest BCUT2D eigenvalue weighted by Crippen LogP contribution is -2.65. The molecule has 6 rings (SSSR count). The summed E-state index contributed by atoms with van der Waals surface area (Å²) in [6, 6.07) is -0.0892. The van der Waals surface area contributed by atoms with Crippen LogP contribution in [0.4, 0.5) is 0 Å². The van der Waals surface area contributed by atoms with Crippen LogP contribution in [-0.4, -0.2) is 93.7 Å². The van der Waals surface area contributed by atoms with Crippen LogP contribution < -0.4 is 0 Å². The van der Waals surface area contributed by atoms with Crippen molar-refractivity contribution >= 4 is 12.3 Å². The number of aliphatic hydroxyl groups excluding tert-OH is 3. The summed E-state index contributed by atoms with van der Waals surface area (Å²) in [6.45, 7) is 4.98. The number of cyclic esters (lactones) is 1. The van der Waals surface area contributed by atoms with E-state index in [0.29, 0.717) is 24.7 Å². The summed E-state index contributed by atoms with van der Waals surface area (Å²) in [5, 5.41) is 45.2. The van der Waals surface area contributed by atoms with Gasteiger partial charge in [0.15, 0.2) is 12.5 Å². The number of rotatable bonds is 5. The van der Waals surface area contributed by atoms with Crippen molar-refractivity contribution in [2.45, 2.75) is 114 Å². The minimum atomic E-state index is -1.52. The standard InChI is InChI=1S/C30H45NO9/c1-28-9-6-18(31(38-3)27-26(36)25(35)24(34)22(14-32)40-27)13-17(28)4-5-21-20(28)7-10-29(2)19(8-11-30(21,29)37)16-12-23(33)39-15-16/h12,14,17-22,24-27,34-37H,4-11,13,15H2,1-3H3/t17?,18-,19-,20?,21?,22-,24+,25+,26-,27?,28+,29-,30+/m1/s1. The predicted molar refractivity (Wildman–Crippen MR) is 141 cm³/mol. The first-order valence-corrected chi connectivity index (χ1v) is 15.1. The summed E-state index contributed by atoms with van der Waals surface area (Å²) in [5.41, 5.74) is 0.0591. The van der Waals surface area contributed by atoms with Crippen LogP contribution in [0.5, 0.6) is 0 Å². The number of fused-ring (bicyclic) bond motifs is 5. The third-order valence-corrected chi connectivity index (χ3v) is 12.5. The van der Waals surface area contributed by atoms with Gasteiger partial charge in [-0.05, 0) is 92.4 Å². The fraction of sp³-hybridized carbons (Fsp3) is 0.867. The molecule has 0 amide bonds. The maximum atomic E-state index is 12.4. The first kappa shape index (κ1) is 28.7. The summed E-state index contributed by atoms with van der Waals surface area (Å²) in [4.78, 5) is 29.0. The van der Waals surface area contributed by atoms with Gasteiger partial charge >= 0.3 is 5.97 Å². The van der Waals surface area contributed by atoms with Crippen molar-refractivity contribution in [3.63, 3.8) is 0 Å². The Kier molecular flexibility index (Phi) is 7.25. The highest BCUT2D eigenvalue weighted by Crippen LogP contribution is 2.70. The number of hydroxylamine groups is 2. The first-order valence-electron chi connectivity index (χ1n) is 15.1. The van der Waals surface area contributed by atoms with Gasteiger partial charge in [0, 0.05) is 17.5 Å². The Balaban J connectivity index is 1.19. The van der Waals surface area contributed by atoms with Crippen molar-refractivity contribution < 1.29 is 44.3 Å². The van der Waals surface area contributed by atoms with Gasteiger partial charge in [-0.3, -0.25) is 4.84 Å². The van der Waals surface area contributed by atoms with Crippen molar-refractivity contribution in [3.05, 3.63) is 11.6 Å². The number of carbonyl (C=O) groups is 2. The zero-order valence-electron chi connectivity index (χ0n) is 23.8. The van der Waals surface area contributed by atoms with Gasteiger partial charge in [0.05, 0.1) is 12.7 Å². The molecule has 40 heavy (non-hydrogen) atoms. The highest BCUT2D eigenvalue weighted by molar-refractivity contribution is 5.85. The number of hydrogen-bond acceptors (Lipinski definition) is 10. The zero-order valence-corrected chi connectivity index (χ0v) is 23.8. The maximum Gasteiger partial charge on any atom is 0.331 e. The zero-order chi connectivity index (χ0) is 28.6. The van der Waals surface area contributed by atoms with Crippen molar-refractivity contribution in [2.75, 3.05) is 13.7 Å².